The minimum atomic E-state index is -0.626. The Morgan fingerprint density at radius 2 is 2.00 bits per heavy atom. The summed E-state index contributed by atoms with van der Waals surface area (Å²) < 4.78 is 18.6. The number of anilines is 1. The third-order valence-electron chi connectivity index (χ3n) is 5.98. The molecule has 3 heterocycles. The Bertz CT molecular complexity index is 1110. The lowest BCUT2D eigenvalue weighted by molar-refractivity contribution is -0.149. The van der Waals surface area contributed by atoms with E-state index in [-0.39, 0.29) is 29.2 Å². The van der Waals surface area contributed by atoms with Crippen molar-refractivity contribution in [3.63, 3.8) is 0 Å². The summed E-state index contributed by atoms with van der Waals surface area (Å²) in [5.41, 5.74) is 2.08. The van der Waals surface area contributed by atoms with Crippen molar-refractivity contribution in [1.29, 1.82) is 0 Å². The van der Waals surface area contributed by atoms with Crippen molar-refractivity contribution >= 4 is 34.4 Å². The molecule has 2 aromatic heterocycles. The molecule has 1 aliphatic heterocycles. The Morgan fingerprint density at radius 1 is 1.25 bits per heavy atom. The zero-order chi connectivity index (χ0) is 22.8. The number of fused-ring (bicyclic) bond motifs is 1. The van der Waals surface area contributed by atoms with Gasteiger partial charge in [0, 0.05) is 31.4 Å². The van der Waals surface area contributed by atoms with Gasteiger partial charge in [-0.15, -0.1) is 0 Å². The molecule has 0 saturated carbocycles. The number of hydrogen-bond acceptors (Lipinski definition) is 7. The number of carbonyl (C=O) groups is 1. The van der Waals surface area contributed by atoms with Gasteiger partial charge >= 0.3 is 5.97 Å². The van der Waals surface area contributed by atoms with Crippen LogP contribution >= 0.6 is 11.6 Å². The number of carbonyl (C=O) groups excluding carboxylic acids is 1. The van der Waals surface area contributed by atoms with E-state index in [0.717, 1.165) is 6.42 Å². The molecule has 1 saturated heterocycles. The Labute approximate surface area is 191 Å². The van der Waals surface area contributed by atoms with Crippen molar-refractivity contribution in [3.05, 3.63) is 59.3 Å². The van der Waals surface area contributed by atoms with E-state index in [4.69, 9.17) is 16.3 Å². The van der Waals surface area contributed by atoms with Crippen LogP contribution in [0.4, 0.5) is 10.2 Å². The number of rotatable bonds is 5. The van der Waals surface area contributed by atoms with Crippen molar-refractivity contribution in [2.45, 2.75) is 38.4 Å². The first-order valence-corrected chi connectivity index (χ1v) is 10.9. The first-order valence-electron chi connectivity index (χ1n) is 10.6. The maximum absolute atomic E-state index is 13.5. The molecule has 1 unspecified atom stereocenters. The zero-order valence-electron chi connectivity index (χ0n) is 18.2. The second-order valence-electron chi connectivity index (χ2n) is 7.92. The van der Waals surface area contributed by atoms with Crippen LogP contribution in [0, 0.1) is 5.82 Å². The SMILES string of the molecule is CC[C@@H]1CN(c2nc(Cl)nc3cccnc23)[C@@H](C)CN1C(C(=O)OC)c1ccc(F)cc1. The number of halogens is 2. The van der Waals surface area contributed by atoms with Gasteiger partial charge in [0.2, 0.25) is 5.28 Å². The number of hydrogen-bond donors (Lipinski definition) is 0. The molecule has 0 bridgehead atoms. The number of pyridine rings is 1. The minimum Gasteiger partial charge on any atom is -0.468 e. The Kier molecular flexibility index (Phi) is 6.53. The van der Waals surface area contributed by atoms with Crippen LogP contribution in [0.1, 0.15) is 31.9 Å². The molecule has 4 rings (SSSR count). The average Bonchev–Trinajstić information content (AvgIpc) is 2.80. The Balaban J connectivity index is 1.71. The van der Waals surface area contributed by atoms with Crippen LogP contribution < -0.4 is 4.90 Å². The molecule has 3 aromatic rings. The molecule has 3 atom stereocenters. The van der Waals surface area contributed by atoms with Gasteiger partial charge in [0.25, 0.3) is 0 Å². The fraction of sp³-hybridized carbons (Fsp3) is 0.391. The highest BCUT2D eigenvalue weighted by molar-refractivity contribution is 6.28. The maximum atomic E-state index is 13.5. The Morgan fingerprint density at radius 3 is 2.69 bits per heavy atom. The van der Waals surface area contributed by atoms with E-state index >= 15 is 0 Å². The lowest BCUT2D eigenvalue weighted by Gasteiger charge is -2.48. The van der Waals surface area contributed by atoms with Crippen molar-refractivity contribution in [2.24, 2.45) is 0 Å². The quantitative estimate of drug-likeness (QED) is 0.423. The van der Waals surface area contributed by atoms with Crippen LogP contribution in [0.3, 0.4) is 0 Å². The van der Waals surface area contributed by atoms with Crippen LogP contribution in [0.2, 0.25) is 5.28 Å². The summed E-state index contributed by atoms with van der Waals surface area (Å²) in [6.45, 7) is 5.34. The second kappa shape index (κ2) is 9.34. The van der Waals surface area contributed by atoms with Gasteiger partial charge in [0.15, 0.2) is 5.82 Å². The van der Waals surface area contributed by atoms with Crippen molar-refractivity contribution in [2.75, 3.05) is 25.1 Å². The Hall–Kier alpha value is -2.84. The molecule has 1 fully saturated rings. The van der Waals surface area contributed by atoms with Gasteiger partial charge in [0.05, 0.1) is 12.6 Å². The highest BCUT2D eigenvalue weighted by Crippen LogP contribution is 2.34. The summed E-state index contributed by atoms with van der Waals surface area (Å²) in [6.07, 6.45) is 2.51. The van der Waals surface area contributed by atoms with Gasteiger partial charge in [-0.1, -0.05) is 19.1 Å². The lowest BCUT2D eigenvalue weighted by Crippen LogP contribution is -2.59. The van der Waals surface area contributed by atoms with E-state index in [1.807, 2.05) is 12.1 Å². The number of aromatic nitrogens is 3. The minimum absolute atomic E-state index is 0.00146. The molecular weight excluding hydrogens is 433 g/mol. The van der Waals surface area contributed by atoms with Crippen molar-refractivity contribution < 1.29 is 13.9 Å². The third-order valence-corrected chi connectivity index (χ3v) is 6.15. The van der Waals surface area contributed by atoms with Gasteiger partial charge in [-0.05, 0) is 54.8 Å². The van der Waals surface area contributed by atoms with Gasteiger partial charge < -0.3 is 9.64 Å². The molecule has 0 spiro atoms. The highest BCUT2D eigenvalue weighted by Gasteiger charge is 2.40. The summed E-state index contributed by atoms with van der Waals surface area (Å²) >= 11 is 6.21. The average molecular weight is 458 g/mol. The molecule has 1 aliphatic rings. The summed E-state index contributed by atoms with van der Waals surface area (Å²) in [5.74, 6) is -0.0295. The van der Waals surface area contributed by atoms with Crippen molar-refractivity contribution in [3.8, 4) is 0 Å². The first kappa shape index (κ1) is 22.4. The fourth-order valence-corrected chi connectivity index (χ4v) is 4.55. The summed E-state index contributed by atoms with van der Waals surface area (Å²) in [7, 11) is 1.38. The molecule has 0 amide bonds. The summed E-state index contributed by atoms with van der Waals surface area (Å²) in [6, 6.07) is 9.09. The van der Waals surface area contributed by atoms with Crippen LogP contribution in [0.5, 0.6) is 0 Å². The van der Waals surface area contributed by atoms with Crippen LogP contribution in [-0.4, -0.2) is 58.1 Å². The molecular formula is C23H25ClFN5O2. The molecule has 9 heteroatoms. The molecule has 0 radical (unpaired) electrons. The van der Waals surface area contributed by atoms with Crippen LogP contribution in [-0.2, 0) is 9.53 Å². The van der Waals surface area contributed by atoms with E-state index in [1.54, 1.807) is 18.3 Å². The largest absolute Gasteiger partial charge is 0.468 e. The number of nitrogens with zero attached hydrogens (tertiary/aromatic N) is 5. The zero-order valence-corrected chi connectivity index (χ0v) is 19.0. The van der Waals surface area contributed by atoms with Gasteiger partial charge in [-0.3, -0.25) is 9.88 Å². The van der Waals surface area contributed by atoms with E-state index in [0.29, 0.717) is 35.5 Å². The van der Waals surface area contributed by atoms with Gasteiger partial charge in [-0.25, -0.2) is 14.2 Å². The number of piperazine rings is 1. The summed E-state index contributed by atoms with van der Waals surface area (Å²) in [5, 5.41) is 0.168. The van der Waals surface area contributed by atoms with E-state index in [9.17, 15) is 9.18 Å². The molecule has 7 nitrogen and oxygen atoms in total. The normalized spacial score (nSPS) is 20.3. The number of methoxy groups -OCH3 is 1. The van der Waals surface area contributed by atoms with E-state index in [1.165, 1.54) is 19.2 Å². The topological polar surface area (TPSA) is 71.5 Å². The predicted octanol–water partition coefficient (Wildman–Crippen LogP) is 4.02. The number of ether oxygens (including phenoxy) is 1. The van der Waals surface area contributed by atoms with Gasteiger partial charge in [-0.2, -0.15) is 4.98 Å². The third kappa shape index (κ3) is 4.25. The predicted molar refractivity (Wildman–Crippen MR) is 121 cm³/mol. The summed E-state index contributed by atoms with van der Waals surface area (Å²) in [4.78, 5) is 30.4. The molecule has 0 N–H and O–H groups in total. The van der Waals surface area contributed by atoms with Gasteiger partial charge in [0.1, 0.15) is 17.4 Å². The van der Waals surface area contributed by atoms with Crippen molar-refractivity contribution in [1.82, 2.24) is 19.9 Å². The molecule has 32 heavy (non-hydrogen) atoms. The smallest absolute Gasteiger partial charge is 0.327 e. The first-order chi connectivity index (χ1) is 15.4. The standard InChI is InChI=1S/C23H25ClFN5O2/c1-4-17-13-29(21-19-18(6-5-11-26-19)27-23(24)28-21)14(2)12-30(17)20(22(31)32-3)15-7-9-16(25)10-8-15/h5-11,14,17,20H,4,12-13H2,1-3H3/t14-,17+,20?/m0/s1. The molecule has 1 aromatic carbocycles. The fourth-order valence-electron chi connectivity index (χ4n) is 4.38. The van der Waals surface area contributed by atoms with E-state index < -0.39 is 6.04 Å². The maximum Gasteiger partial charge on any atom is 0.327 e. The molecule has 0 aliphatic carbocycles. The lowest BCUT2D eigenvalue weighted by atomic mass is 9.97. The number of benzene rings is 1. The van der Waals surface area contributed by atoms with Crippen LogP contribution in [0.15, 0.2) is 42.6 Å². The van der Waals surface area contributed by atoms with E-state index in [2.05, 4.69) is 38.6 Å². The highest BCUT2D eigenvalue weighted by atomic mass is 35.5. The second-order valence-corrected chi connectivity index (χ2v) is 8.26. The molecule has 168 valence electrons. The monoisotopic (exact) mass is 457 g/mol. The van der Waals surface area contributed by atoms with Crippen LogP contribution in [0.25, 0.3) is 11.0 Å². The number of esters is 1.